The third-order valence-corrected chi connectivity index (χ3v) is 6.69. The van der Waals surface area contributed by atoms with Crippen molar-refractivity contribution in [3.8, 4) is 5.75 Å². The third-order valence-electron chi connectivity index (χ3n) is 6.69. The van der Waals surface area contributed by atoms with Gasteiger partial charge in [-0.25, -0.2) is 8.78 Å². The minimum atomic E-state index is -1.85. The van der Waals surface area contributed by atoms with Gasteiger partial charge in [0.2, 0.25) is 29.2 Å². The minimum absolute atomic E-state index is 0.00476. The molecule has 0 unspecified atom stereocenters. The molecule has 0 aromatic heterocycles. The van der Waals surface area contributed by atoms with Crippen LogP contribution < -0.4 is 15.4 Å². The van der Waals surface area contributed by atoms with Gasteiger partial charge in [-0.05, 0) is 12.8 Å². The second kappa shape index (κ2) is 22.0. The predicted molar refractivity (Wildman–Crippen MR) is 148 cm³/mol. The first-order valence-electron chi connectivity index (χ1n) is 14.8. The van der Waals surface area contributed by atoms with Crippen LogP contribution in [-0.2, 0) is 19.1 Å². The maximum atomic E-state index is 13.8. The lowest BCUT2D eigenvalue weighted by Gasteiger charge is -2.18. The van der Waals surface area contributed by atoms with E-state index in [9.17, 15) is 31.9 Å². The summed E-state index contributed by atoms with van der Waals surface area (Å²) in [5.41, 5.74) is 0. The molecule has 1 atom stereocenters. The highest BCUT2D eigenvalue weighted by Gasteiger charge is 2.25. The molecule has 0 spiro atoms. The van der Waals surface area contributed by atoms with Crippen LogP contribution in [0.1, 0.15) is 110 Å². The molecule has 11 heteroatoms. The number of hydrogen-bond donors (Lipinski definition) is 2. The summed E-state index contributed by atoms with van der Waals surface area (Å²) in [4.78, 5) is 37.2. The fourth-order valence-electron chi connectivity index (χ4n) is 4.31. The quantitative estimate of drug-likeness (QED) is 0.0489. The summed E-state index contributed by atoms with van der Waals surface area (Å²) in [5.74, 6) is -10.8. The summed E-state index contributed by atoms with van der Waals surface area (Å²) < 4.78 is 63.7. The molecule has 1 aromatic rings. The largest absolute Gasteiger partial charge is 0.420 e. The molecule has 0 bridgehead atoms. The van der Waals surface area contributed by atoms with Crippen LogP contribution >= 0.6 is 0 Å². The Morgan fingerprint density at radius 3 is 1.80 bits per heavy atom. The van der Waals surface area contributed by atoms with Crippen LogP contribution in [0.15, 0.2) is 6.07 Å². The van der Waals surface area contributed by atoms with Gasteiger partial charge in [0.25, 0.3) is 0 Å². The Bertz CT molecular complexity index is 906. The number of carbonyl (C=O) groups excluding carboxylic acids is 3. The van der Waals surface area contributed by atoms with Crippen LogP contribution in [0.2, 0.25) is 0 Å². The molecule has 234 valence electrons. The average molecular weight is 591 g/mol. The van der Waals surface area contributed by atoms with Gasteiger partial charge in [-0.2, -0.15) is 8.78 Å². The van der Waals surface area contributed by atoms with E-state index in [-0.39, 0.29) is 38.0 Å². The molecule has 1 rings (SSSR count). The smallest absolute Gasteiger partial charge is 0.311 e. The third kappa shape index (κ3) is 15.8. The van der Waals surface area contributed by atoms with Crippen LogP contribution in [0, 0.1) is 23.3 Å². The van der Waals surface area contributed by atoms with E-state index >= 15 is 0 Å². The van der Waals surface area contributed by atoms with Gasteiger partial charge >= 0.3 is 5.97 Å². The molecular formula is C30H46F4N2O5. The van der Waals surface area contributed by atoms with Gasteiger partial charge in [-0.15, -0.1) is 0 Å². The zero-order chi connectivity index (χ0) is 30.5. The zero-order valence-corrected chi connectivity index (χ0v) is 24.4. The summed E-state index contributed by atoms with van der Waals surface area (Å²) in [6.45, 7) is 2.59. The molecule has 0 saturated carbocycles. The highest BCUT2D eigenvalue weighted by Crippen LogP contribution is 2.27. The number of halogens is 4. The summed E-state index contributed by atoms with van der Waals surface area (Å²) in [5, 5.41) is 5.14. The highest BCUT2D eigenvalue weighted by molar-refractivity contribution is 5.88. The van der Waals surface area contributed by atoms with E-state index in [1.54, 1.807) is 0 Å². The number of hydrogen-bond acceptors (Lipinski definition) is 5. The van der Waals surface area contributed by atoms with E-state index in [4.69, 9.17) is 4.74 Å². The molecule has 7 nitrogen and oxygen atoms in total. The lowest BCUT2D eigenvalue weighted by molar-refractivity contribution is -0.136. The number of methoxy groups -OCH3 is 1. The fourth-order valence-corrected chi connectivity index (χ4v) is 4.31. The Morgan fingerprint density at radius 2 is 1.29 bits per heavy atom. The average Bonchev–Trinajstić information content (AvgIpc) is 2.94. The summed E-state index contributed by atoms with van der Waals surface area (Å²) >= 11 is 0. The molecule has 0 saturated heterocycles. The molecule has 2 N–H and O–H groups in total. The van der Waals surface area contributed by atoms with Crippen molar-refractivity contribution in [3.63, 3.8) is 0 Å². The van der Waals surface area contributed by atoms with Crippen molar-refractivity contribution in [2.24, 2.45) is 0 Å². The minimum Gasteiger partial charge on any atom is -0.420 e. The first-order chi connectivity index (χ1) is 19.7. The van der Waals surface area contributed by atoms with Crippen LogP contribution in [0.25, 0.3) is 0 Å². The van der Waals surface area contributed by atoms with E-state index in [1.165, 1.54) is 64.9 Å². The monoisotopic (exact) mass is 590 g/mol. The fraction of sp³-hybridized carbons (Fsp3) is 0.700. The molecule has 41 heavy (non-hydrogen) atoms. The van der Waals surface area contributed by atoms with E-state index in [0.29, 0.717) is 6.42 Å². The maximum absolute atomic E-state index is 13.8. The summed E-state index contributed by atoms with van der Waals surface area (Å²) in [7, 11) is 1.45. The Hall–Kier alpha value is -2.69. The van der Waals surface area contributed by atoms with Crippen LogP contribution in [0.4, 0.5) is 17.6 Å². The van der Waals surface area contributed by atoms with Gasteiger partial charge in [0, 0.05) is 32.6 Å². The van der Waals surface area contributed by atoms with E-state index < -0.39 is 53.4 Å². The van der Waals surface area contributed by atoms with Crippen molar-refractivity contribution >= 4 is 17.8 Å². The van der Waals surface area contributed by atoms with Crippen molar-refractivity contribution in [2.45, 2.75) is 116 Å². The van der Waals surface area contributed by atoms with Crippen molar-refractivity contribution in [1.82, 2.24) is 10.6 Å². The number of benzene rings is 1. The number of rotatable bonds is 23. The van der Waals surface area contributed by atoms with Gasteiger partial charge in [0.1, 0.15) is 6.04 Å². The maximum Gasteiger partial charge on any atom is 0.311 e. The first-order valence-corrected chi connectivity index (χ1v) is 14.8. The molecule has 1 aromatic carbocycles. The number of nitrogens with one attached hydrogen (secondary N) is 2. The van der Waals surface area contributed by atoms with Crippen molar-refractivity contribution in [3.05, 3.63) is 29.3 Å². The Balaban J connectivity index is 2.43. The molecule has 0 radical (unpaired) electrons. The zero-order valence-electron chi connectivity index (χ0n) is 24.4. The van der Waals surface area contributed by atoms with E-state index in [0.717, 1.165) is 19.3 Å². The number of ether oxygens (including phenoxy) is 2. The van der Waals surface area contributed by atoms with Crippen molar-refractivity contribution in [1.29, 1.82) is 0 Å². The molecule has 0 aliphatic carbocycles. The van der Waals surface area contributed by atoms with E-state index in [1.807, 2.05) is 0 Å². The van der Waals surface area contributed by atoms with Crippen LogP contribution in [0.5, 0.6) is 5.75 Å². The van der Waals surface area contributed by atoms with Crippen molar-refractivity contribution < 1.29 is 41.4 Å². The summed E-state index contributed by atoms with van der Waals surface area (Å²) in [6.07, 6.45) is 14.5. The molecule has 0 fully saturated rings. The lowest BCUT2D eigenvalue weighted by atomic mass is 10.0. The normalized spacial score (nSPS) is 11.8. The molecule has 0 aliphatic rings. The standard InChI is InChI=1S/C30H46F4N2O5/c1-3-4-5-6-7-8-9-10-11-12-13-14-15-16-25(37)36-24(30(39)35-19-20-40-2)17-18-26(38)41-29-27(33)22(31)21-23(32)28(29)34/h21,24H,3-20H2,1-2H3,(H,35,39)(H,36,37)/t24-/m0/s1. The number of unbranched alkanes of at least 4 members (excludes halogenated alkanes) is 12. The number of esters is 1. The van der Waals surface area contributed by atoms with Crippen LogP contribution in [-0.4, -0.2) is 44.1 Å². The summed E-state index contributed by atoms with van der Waals surface area (Å²) in [6, 6.07) is -1.14. The second-order valence-electron chi connectivity index (χ2n) is 10.2. The van der Waals surface area contributed by atoms with Gasteiger partial charge < -0.3 is 20.1 Å². The van der Waals surface area contributed by atoms with Crippen LogP contribution in [0.3, 0.4) is 0 Å². The van der Waals surface area contributed by atoms with E-state index in [2.05, 4.69) is 22.3 Å². The van der Waals surface area contributed by atoms with Gasteiger partial charge in [0.05, 0.1) is 6.61 Å². The lowest BCUT2D eigenvalue weighted by Crippen LogP contribution is -2.47. The highest BCUT2D eigenvalue weighted by atomic mass is 19.2. The molecule has 0 heterocycles. The van der Waals surface area contributed by atoms with Gasteiger partial charge in [-0.1, -0.05) is 84.0 Å². The molecule has 2 amide bonds. The van der Waals surface area contributed by atoms with Gasteiger partial charge in [0.15, 0.2) is 11.6 Å². The Labute approximate surface area is 241 Å². The van der Waals surface area contributed by atoms with Crippen molar-refractivity contribution in [2.75, 3.05) is 20.3 Å². The molecule has 0 aliphatic heterocycles. The molecular weight excluding hydrogens is 544 g/mol. The Kier molecular flexibility index (Phi) is 19.5. The SMILES string of the molecule is CCCCCCCCCCCCCCCC(=O)N[C@@H](CCC(=O)Oc1c(F)c(F)cc(F)c1F)C(=O)NCCOC. The predicted octanol–water partition coefficient (Wildman–Crippen LogP) is 6.66. The topological polar surface area (TPSA) is 93.7 Å². The number of amides is 2. The second-order valence-corrected chi connectivity index (χ2v) is 10.2. The Morgan fingerprint density at radius 1 is 0.780 bits per heavy atom. The first kappa shape index (κ1) is 36.3. The number of carbonyl (C=O) groups is 3. The van der Waals surface area contributed by atoms with Gasteiger partial charge in [-0.3, -0.25) is 14.4 Å².